The van der Waals surface area contributed by atoms with Gasteiger partial charge in [-0.1, -0.05) is 0 Å². The zero-order chi connectivity index (χ0) is 23.0. The molecule has 6 nitrogen and oxygen atoms in total. The molecule has 12 heteroatoms. The Morgan fingerprint density at radius 2 is 1.62 bits per heavy atom. The monoisotopic (exact) mass is 452 g/mol. The fraction of sp³-hybridized carbons (Fsp3) is 0.100. The standard InChI is InChI=1S/C20H10F6N4O2/c21-10-5-14(22)13(15(23)6-10)8-30-9-29-18(31)12-7-11(1-2-16(12)30)32-19-17(20(24,25)26)27-3-4-28-19/h1-7,9H,8H2. The molecule has 2 aromatic heterocycles. The Hall–Kier alpha value is -3.96. The molecule has 2 aromatic carbocycles. The van der Waals surface area contributed by atoms with Crippen LogP contribution in [0.25, 0.3) is 10.9 Å². The van der Waals surface area contributed by atoms with E-state index in [1.54, 1.807) is 0 Å². The van der Waals surface area contributed by atoms with E-state index in [0.29, 0.717) is 12.1 Å². The van der Waals surface area contributed by atoms with E-state index < -0.39 is 52.9 Å². The van der Waals surface area contributed by atoms with Crippen LogP contribution in [0, 0.1) is 17.5 Å². The van der Waals surface area contributed by atoms with Gasteiger partial charge in [-0.15, -0.1) is 0 Å². The van der Waals surface area contributed by atoms with Crippen LogP contribution in [0.1, 0.15) is 11.3 Å². The maximum absolute atomic E-state index is 14.0. The van der Waals surface area contributed by atoms with E-state index >= 15 is 0 Å². The van der Waals surface area contributed by atoms with Gasteiger partial charge in [0.2, 0.25) is 5.69 Å². The number of benzene rings is 2. The third kappa shape index (κ3) is 4.11. The molecule has 0 N–H and O–H groups in total. The van der Waals surface area contributed by atoms with Gasteiger partial charge in [0, 0.05) is 30.1 Å². The Bertz CT molecular complexity index is 1360. The van der Waals surface area contributed by atoms with E-state index in [0.717, 1.165) is 24.8 Å². The molecule has 0 fully saturated rings. The van der Waals surface area contributed by atoms with Gasteiger partial charge in [0.15, 0.2) is 0 Å². The number of aromatic nitrogens is 4. The second-order valence-electron chi connectivity index (χ2n) is 6.51. The van der Waals surface area contributed by atoms with Crippen LogP contribution in [-0.4, -0.2) is 19.5 Å². The molecule has 0 saturated heterocycles. The number of hydrogen-bond acceptors (Lipinski definition) is 5. The number of ether oxygens (including phenoxy) is 1. The van der Waals surface area contributed by atoms with Crippen molar-refractivity contribution in [3.8, 4) is 11.6 Å². The van der Waals surface area contributed by atoms with Crippen molar-refractivity contribution in [1.29, 1.82) is 0 Å². The highest BCUT2D eigenvalue weighted by molar-refractivity contribution is 5.79. The number of rotatable bonds is 4. The molecule has 0 saturated carbocycles. The lowest BCUT2D eigenvalue weighted by Gasteiger charge is -2.14. The molecular formula is C20H10F6N4O2. The summed E-state index contributed by atoms with van der Waals surface area (Å²) < 4.78 is 86.8. The fourth-order valence-electron chi connectivity index (χ4n) is 2.98. The van der Waals surface area contributed by atoms with Crippen molar-refractivity contribution in [1.82, 2.24) is 19.5 Å². The molecular weight excluding hydrogens is 442 g/mol. The van der Waals surface area contributed by atoms with E-state index in [2.05, 4.69) is 15.0 Å². The molecule has 32 heavy (non-hydrogen) atoms. The fourth-order valence-corrected chi connectivity index (χ4v) is 2.98. The lowest BCUT2D eigenvalue weighted by molar-refractivity contribution is -0.142. The molecule has 0 aliphatic heterocycles. The average Bonchev–Trinajstić information content (AvgIpc) is 2.72. The van der Waals surface area contributed by atoms with E-state index in [1.807, 2.05) is 0 Å². The van der Waals surface area contributed by atoms with Crippen molar-refractivity contribution < 1.29 is 31.1 Å². The Morgan fingerprint density at radius 1 is 0.938 bits per heavy atom. The van der Waals surface area contributed by atoms with Crippen molar-refractivity contribution in [3.05, 3.63) is 88.1 Å². The summed E-state index contributed by atoms with van der Waals surface area (Å²) in [6.07, 6.45) is -1.92. The molecule has 0 spiro atoms. The van der Waals surface area contributed by atoms with Gasteiger partial charge in [0.05, 0.1) is 23.8 Å². The SMILES string of the molecule is O=c1ncn(Cc2c(F)cc(F)cc2F)c2ccc(Oc3nccnc3C(F)(F)F)cc12. The summed E-state index contributed by atoms with van der Waals surface area (Å²) >= 11 is 0. The van der Waals surface area contributed by atoms with Crippen molar-refractivity contribution in [3.63, 3.8) is 0 Å². The third-order valence-electron chi connectivity index (χ3n) is 4.40. The van der Waals surface area contributed by atoms with E-state index in [-0.39, 0.29) is 16.7 Å². The highest BCUT2D eigenvalue weighted by atomic mass is 19.4. The molecule has 2 heterocycles. The Labute approximate surface area is 174 Å². The quantitative estimate of drug-likeness (QED) is 0.428. The van der Waals surface area contributed by atoms with Crippen LogP contribution in [-0.2, 0) is 12.7 Å². The molecule has 164 valence electrons. The summed E-state index contributed by atoms with van der Waals surface area (Å²) in [4.78, 5) is 22.6. The molecule has 0 amide bonds. The van der Waals surface area contributed by atoms with Crippen LogP contribution in [0.15, 0.2) is 53.8 Å². The molecule has 4 rings (SSSR count). The summed E-state index contributed by atoms with van der Waals surface area (Å²) in [6.45, 7) is -0.426. The molecule has 4 aromatic rings. The molecule has 0 bridgehead atoms. The molecule has 0 aliphatic carbocycles. The lowest BCUT2D eigenvalue weighted by atomic mass is 10.1. The predicted octanol–water partition coefficient (Wildman–Crippen LogP) is 4.46. The van der Waals surface area contributed by atoms with Gasteiger partial charge in [-0.05, 0) is 18.2 Å². The molecule has 0 atom stereocenters. The van der Waals surface area contributed by atoms with Gasteiger partial charge >= 0.3 is 6.18 Å². The summed E-state index contributed by atoms with van der Waals surface area (Å²) in [6, 6.07) is 4.69. The van der Waals surface area contributed by atoms with E-state index in [1.165, 1.54) is 16.7 Å². The van der Waals surface area contributed by atoms with Crippen LogP contribution in [0.4, 0.5) is 26.3 Å². The van der Waals surface area contributed by atoms with Crippen LogP contribution < -0.4 is 10.3 Å². The first-order chi connectivity index (χ1) is 15.1. The normalized spacial score (nSPS) is 11.7. The highest BCUT2D eigenvalue weighted by Gasteiger charge is 2.37. The van der Waals surface area contributed by atoms with Crippen LogP contribution >= 0.6 is 0 Å². The maximum Gasteiger partial charge on any atom is 0.438 e. The number of hydrogen-bond donors (Lipinski definition) is 0. The summed E-state index contributed by atoms with van der Waals surface area (Å²) in [5, 5.41) is -0.0922. The summed E-state index contributed by atoms with van der Waals surface area (Å²) in [5.74, 6) is -4.33. The zero-order valence-corrected chi connectivity index (χ0v) is 15.7. The van der Waals surface area contributed by atoms with Gasteiger partial charge in [0.25, 0.3) is 11.4 Å². The van der Waals surface area contributed by atoms with Crippen molar-refractivity contribution >= 4 is 10.9 Å². The zero-order valence-electron chi connectivity index (χ0n) is 15.7. The van der Waals surface area contributed by atoms with Crippen molar-refractivity contribution in [2.75, 3.05) is 0 Å². The number of nitrogens with zero attached hydrogens (tertiary/aromatic N) is 4. The van der Waals surface area contributed by atoms with Gasteiger partial charge in [-0.3, -0.25) is 4.79 Å². The third-order valence-corrected chi connectivity index (χ3v) is 4.40. The first-order valence-corrected chi connectivity index (χ1v) is 8.82. The van der Waals surface area contributed by atoms with E-state index in [9.17, 15) is 31.1 Å². The number of halogens is 6. The minimum absolute atomic E-state index is 0.0922. The van der Waals surface area contributed by atoms with Gasteiger partial charge in [0.1, 0.15) is 23.2 Å². The first-order valence-electron chi connectivity index (χ1n) is 8.82. The smallest absolute Gasteiger partial charge is 0.437 e. The van der Waals surface area contributed by atoms with Crippen LogP contribution in [0.2, 0.25) is 0 Å². The Morgan fingerprint density at radius 3 is 2.31 bits per heavy atom. The van der Waals surface area contributed by atoms with Gasteiger partial charge in [-0.2, -0.15) is 18.2 Å². The predicted molar refractivity (Wildman–Crippen MR) is 98.5 cm³/mol. The lowest BCUT2D eigenvalue weighted by Crippen LogP contribution is -2.15. The second-order valence-corrected chi connectivity index (χ2v) is 6.51. The number of fused-ring (bicyclic) bond motifs is 1. The number of alkyl halides is 3. The topological polar surface area (TPSA) is 69.9 Å². The second kappa shape index (κ2) is 7.94. The molecule has 0 radical (unpaired) electrons. The summed E-state index contributed by atoms with van der Waals surface area (Å²) in [7, 11) is 0. The average molecular weight is 452 g/mol. The van der Waals surface area contributed by atoms with Crippen LogP contribution in [0.3, 0.4) is 0 Å². The minimum Gasteiger partial charge on any atom is -0.437 e. The maximum atomic E-state index is 14.0. The molecule has 0 unspecified atom stereocenters. The first kappa shape index (κ1) is 21.3. The van der Waals surface area contributed by atoms with Crippen molar-refractivity contribution in [2.24, 2.45) is 0 Å². The van der Waals surface area contributed by atoms with Crippen LogP contribution in [0.5, 0.6) is 11.6 Å². The minimum atomic E-state index is -4.82. The Kier molecular flexibility index (Phi) is 5.28. The van der Waals surface area contributed by atoms with Crippen molar-refractivity contribution in [2.45, 2.75) is 12.7 Å². The van der Waals surface area contributed by atoms with Gasteiger partial charge < -0.3 is 9.30 Å². The highest BCUT2D eigenvalue weighted by Crippen LogP contribution is 2.35. The largest absolute Gasteiger partial charge is 0.438 e. The molecule has 0 aliphatic rings. The Balaban J connectivity index is 1.74. The summed E-state index contributed by atoms with van der Waals surface area (Å²) in [5.41, 5.74) is -2.41. The van der Waals surface area contributed by atoms with E-state index in [4.69, 9.17) is 4.74 Å². The van der Waals surface area contributed by atoms with Gasteiger partial charge in [-0.25, -0.2) is 23.1 Å².